The molecule has 3 unspecified atom stereocenters. The lowest BCUT2D eigenvalue weighted by molar-refractivity contribution is 0.116. The molecule has 1 saturated carbocycles. The highest BCUT2D eigenvalue weighted by Gasteiger charge is 2.31. The van der Waals surface area contributed by atoms with Gasteiger partial charge >= 0.3 is 0 Å². The molecule has 18 heavy (non-hydrogen) atoms. The van der Waals surface area contributed by atoms with Crippen LogP contribution in [0.3, 0.4) is 0 Å². The minimum absolute atomic E-state index is 0.731. The largest absolute Gasteiger partial charge is 0.312 e. The normalized spacial score (nSPS) is 28.8. The lowest BCUT2D eigenvalue weighted by Crippen LogP contribution is -2.52. The second-order valence-electron chi connectivity index (χ2n) is 6.08. The third kappa shape index (κ3) is 4.89. The monoisotopic (exact) mass is 254 g/mol. The first-order valence-electron chi connectivity index (χ1n) is 8.16. The number of hydrogen-bond acceptors (Lipinski definition) is 2. The molecule has 0 amide bonds. The van der Waals surface area contributed by atoms with Gasteiger partial charge in [0.2, 0.25) is 0 Å². The van der Waals surface area contributed by atoms with Crippen LogP contribution in [0.25, 0.3) is 0 Å². The summed E-state index contributed by atoms with van der Waals surface area (Å²) in [6, 6.07) is 1.50. The van der Waals surface area contributed by atoms with Gasteiger partial charge in [-0.25, -0.2) is 0 Å². The Balaban J connectivity index is 2.54. The van der Waals surface area contributed by atoms with Gasteiger partial charge in [0, 0.05) is 12.1 Å². The second-order valence-corrected chi connectivity index (χ2v) is 6.08. The molecule has 0 spiro atoms. The van der Waals surface area contributed by atoms with E-state index < -0.39 is 0 Å². The van der Waals surface area contributed by atoms with Crippen LogP contribution < -0.4 is 5.32 Å². The Kier molecular flexibility index (Phi) is 7.92. The highest BCUT2D eigenvalue weighted by Crippen LogP contribution is 2.30. The molecule has 0 heterocycles. The molecule has 0 bridgehead atoms. The van der Waals surface area contributed by atoms with Gasteiger partial charge in [0.25, 0.3) is 0 Å². The summed E-state index contributed by atoms with van der Waals surface area (Å²) in [4.78, 5) is 2.61. The molecule has 0 radical (unpaired) electrons. The topological polar surface area (TPSA) is 15.3 Å². The highest BCUT2D eigenvalue weighted by molar-refractivity contribution is 4.90. The summed E-state index contributed by atoms with van der Waals surface area (Å²) in [7, 11) is 2.32. The SMILES string of the molecule is CCCNC1CCC(CCC)CC1N(C)CCC. The molecular formula is C16H34N2. The van der Waals surface area contributed by atoms with Crippen LogP contribution in [0.1, 0.15) is 65.7 Å². The summed E-state index contributed by atoms with van der Waals surface area (Å²) in [5.74, 6) is 0.971. The van der Waals surface area contributed by atoms with Crippen LogP contribution in [-0.4, -0.2) is 37.1 Å². The van der Waals surface area contributed by atoms with Gasteiger partial charge in [-0.3, -0.25) is 0 Å². The molecule has 108 valence electrons. The standard InChI is InChI=1S/C16H34N2/c1-5-8-14-9-10-15(17-11-6-2)16(13-14)18(4)12-7-3/h14-17H,5-13H2,1-4H3. The fourth-order valence-electron chi connectivity index (χ4n) is 3.48. The van der Waals surface area contributed by atoms with Crippen molar-refractivity contribution in [3.05, 3.63) is 0 Å². The molecule has 3 atom stereocenters. The number of rotatable bonds is 8. The van der Waals surface area contributed by atoms with Gasteiger partial charge in [-0.05, 0) is 58.2 Å². The van der Waals surface area contributed by atoms with Crippen molar-refractivity contribution < 1.29 is 0 Å². The maximum absolute atomic E-state index is 3.78. The molecule has 2 nitrogen and oxygen atoms in total. The van der Waals surface area contributed by atoms with Crippen LogP contribution in [0.4, 0.5) is 0 Å². The molecule has 1 aliphatic rings. The van der Waals surface area contributed by atoms with Crippen molar-refractivity contribution in [2.24, 2.45) is 5.92 Å². The predicted octanol–water partition coefficient (Wildman–Crippen LogP) is 3.67. The smallest absolute Gasteiger partial charge is 0.0248 e. The third-order valence-electron chi connectivity index (χ3n) is 4.42. The van der Waals surface area contributed by atoms with Crippen molar-refractivity contribution in [2.75, 3.05) is 20.1 Å². The molecule has 1 rings (SSSR count). The quantitative estimate of drug-likeness (QED) is 0.711. The number of likely N-dealkylation sites (N-methyl/N-ethyl adjacent to an activating group) is 1. The van der Waals surface area contributed by atoms with Crippen LogP contribution in [0.5, 0.6) is 0 Å². The summed E-state index contributed by atoms with van der Waals surface area (Å²) in [6.07, 6.45) is 9.52. The summed E-state index contributed by atoms with van der Waals surface area (Å²) in [6.45, 7) is 9.30. The maximum Gasteiger partial charge on any atom is 0.0248 e. The second kappa shape index (κ2) is 8.92. The van der Waals surface area contributed by atoms with Gasteiger partial charge in [0.15, 0.2) is 0 Å². The van der Waals surface area contributed by atoms with E-state index in [0.29, 0.717) is 0 Å². The Morgan fingerprint density at radius 2 is 1.83 bits per heavy atom. The number of nitrogens with one attached hydrogen (secondary N) is 1. The molecule has 0 saturated heterocycles. The van der Waals surface area contributed by atoms with E-state index in [2.05, 4.69) is 38.0 Å². The first kappa shape index (κ1) is 16.0. The number of nitrogens with zero attached hydrogens (tertiary/aromatic N) is 1. The van der Waals surface area contributed by atoms with Gasteiger partial charge < -0.3 is 10.2 Å². The van der Waals surface area contributed by atoms with E-state index in [0.717, 1.165) is 18.0 Å². The Hall–Kier alpha value is -0.0800. The van der Waals surface area contributed by atoms with E-state index in [9.17, 15) is 0 Å². The zero-order valence-electron chi connectivity index (χ0n) is 13.0. The average Bonchev–Trinajstić information content (AvgIpc) is 2.38. The van der Waals surface area contributed by atoms with Crippen molar-refractivity contribution in [3.8, 4) is 0 Å². The summed E-state index contributed by atoms with van der Waals surface area (Å²) < 4.78 is 0. The lowest BCUT2D eigenvalue weighted by Gasteiger charge is -2.42. The molecule has 0 aromatic carbocycles. The minimum Gasteiger partial charge on any atom is -0.312 e. The van der Waals surface area contributed by atoms with Gasteiger partial charge in [0.1, 0.15) is 0 Å². The molecular weight excluding hydrogens is 220 g/mol. The van der Waals surface area contributed by atoms with Crippen molar-refractivity contribution in [1.82, 2.24) is 10.2 Å². The van der Waals surface area contributed by atoms with Crippen LogP contribution >= 0.6 is 0 Å². The summed E-state index contributed by atoms with van der Waals surface area (Å²) >= 11 is 0. The Morgan fingerprint density at radius 3 is 2.44 bits per heavy atom. The van der Waals surface area contributed by atoms with E-state index in [1.807, 2.05) is 0 Å². The molecule has 1 N–H and O–H groups in total. The van der Waals surface area contributed by atoms with Crippen LogP contribution in [0, 0.1) is 5.92 Å². The first-order chi connectivity index (χ1) is 8.72. The van der Waals surface area contributed by atoms with Crippen LogP contribution in [-0.2, 0) is 0 Å². The Morgan fingerprint density at radius 1 is 1.06 bits per heavy atom. The minimum atomic E-state index is 0.731. The Bertz CT molecular complexity index is 205. The van der Waals surface area contributed by atoms with E-state index >= 15 is 0 Å². The molecule has 1 aliphatic carbocycles. The van der Waals surface area contributed by atoms with E-state index in [1.54, 1.807) is 0 Å². The predicted molar refractivity (Wildman–Crippen MR) is 81.0 cm³/mol. The highest BCUT2D eigenvalue weighted by atomic mass is 15.2. The molecule has 1 fully saturated rings. The van der Waals surface area contributed by atoms with E-state index in [-0.39, 0.29) is 0 Å². The van der Waals surface area contributed by atoms with Crippen LogP contribution in [0.15, 0.2) is 0 Å². The van der Waals surface area contributed by atoms with E-state index in [1.165, 1.54) is 58.0 Å². The van der Waals surface area contributed by atoms with Crippen LogP contribution in [0.2, 0.25) is 0 Å². The Labute approximate surface area is 115 Å². The van der Waals surface area contributed by atoms with Crippen molar-refractivity contribution in [1.29, 1.82) is 0 Å². The van der Waals surface area contributed by atoms with Gasteiger partial charge in [-0.15, -0.1) is 0 Å². The summed E-state index contributed by atoms with van der Waals surface area (Å²) in [5.41, 5.74) is 0. The first-order valence-corrected chi connectivity index (χ1v) is 8.16. The summed E-state index contributed by atoms with van der Waals surface area (Å²) in [5, 5.41) is 3.78. The molecule has 0 aromatic rings. The maximum atomic E-state index is 3.78. The molecule has 0 aliphatic heterocycles. The molecule has 0 aromatic heterocycles. The van der Waals surface area contributed by atoms with Crippen molar-refractivity contribution >= 4 is 0 Å². The number of hydrogen-bond donors (Lipinski definition) is 1. The van der Waals surface area contributed by atoms with Gasteiger partial charge in [0.05, 0.1) is 0 Å². The van der Waals surface area contributed by atoms with Gasteiger partial charge in [-0.2, -0.15) is 0 Å². The third-order valence-corrected chi connectivity index (χ3v) is 4.42. The van der Waals surface area contributed by atoms with Crippen molar-refractivity contribution in [2.45, 2.75) is 77.8 Å². The lowest BCUT2D eigenvalue weighted by atomic mass is 9.79. The zero-order chi connectivity index (χ0) is 13.4. The zero-order valence-corrected chi connectivity index (χ0v) is 13.0. The van der Waals surface area contributed by atoms with Crippen molar-refractivity contribution in [3.63, 3.8) is 0 Å². The average molecular weight is 254 g/mol. The fourth-order valence-corrected chi connectivity index (χ4v) is 3.48. The molecule has 2 heteroatoms. The van der Waals surface area contributed by atoms with Gasteiger partial charge in [-0.1, -0.05) is 33.6 Å². The fraction of sp³-hybridized carbons (Fsp3) is 1.00. The van der Waals surface area contributed by atoms with E-state index in [4.69, 9.17) is 0 Å².